The van der Waals surface area contributed by atoms with Crippen molar-refractivity contribution in [2.75, 3.05) is 6.54 Å². The van der Waals surface area contributed by atoms with Crippen LogP contribution >= 0.6 is 0 Å². The molecule has 0 radical (unpaired) electrons. The molecule has 18 heavy (non-hydrogen) atoms. The molecular weight excluding hydrogens is 218 g/mol. The van der Waals surface area contributed by atoms with Gasteiger partial charge in [0.05, 0.1) is 0 Å². The summed E-state index contributed by atoms with van der Waals surface area (Å²) < 4.78 is 0. The van der Waals surface area contributed by atoms with Crippen LogP contribution in [0.2, 0.25) is 0 Å². The third-order valence-electron chi connectivity index (χ3n) is 4.86. The van der Waals surface area contributed by atoms with Crippen LogP contribution in [0.4, 0.5) is 0 Å². The zero-order valence-corrected chi connectivity index (χ0v) is 13.6. The van der Waals surface area contributed by atoms with Crippen molar-refractivity contribution in [3.05, 3.63) is 0 Å². The summed E-state index contributed by atoms with van der Waals surface area (Å²) in [6, 6.07) is 0. The average molecular weight is 251 g/mol. The van der Waals surface area contributed by atoms with Gasteiger partial charge in [-0.3, -0.25) is 0 Å². The third-order valence-corrected chi connectivity index (χ3v) is 4.86. The zero-order valence-electron chi connectivity index (χ0n) is 13.6. The van der Waals surface area contributed by atoms with Gasteiger partial charge in [-0.25, -0.2) is 0 Å². The molecule has 2 saturated carbocycles. The van der Waals surface area contributed by atoms with Crippen LogP contribution < -0.4 is 5.32 Å². The molecule has 0 heterocycles. The Morgan fingerprint density at radius 2 is 1.44 bits per heavy atom. The van der Waals surface area contributed by atoms with Crippen molar-refractivity contribution in [1.82, 2.24) is 5.32 Å². The van der Waals surface area contributed by atoms with E-state index >= 15 is 0 Å². The van der Waals surface area contributed by atoms with Crippen LogP contribution in [0.1, 0.15) is 74.1 Å². The highest BCUT2D eigenvalue weighted by Crippen LogP contribution is 2.68. The van der Waals surface area contributed by atoms with Gasteiger partial charge < -0.3 is 5.32 Å². The van der Waals surface area contributed by atoms with Gasteiger partial charge in [0.1, 0.15) is 0 Å². The van der Waals surface area contributed by atoms with Crippen molar-refractivity contribution < 1.29 is 0 Å². The SMILES string of the molecule is CC1(C)CC(C)(C)CC2(CC2CNC(C)(C)C)C1. The number of rotatable bonds is 2. The second-order valence-corrected chi connectivity index (χ2v) is 9.75. The summed E-state index contributed by atoms with van der Waals surface area (Å²) in [5.74, 6) is 0.926. The molecule has 1 N–H and O–H groups in total. The van der Waals surface area contributed by atoms with Gasteiger partial charge in [0.25, 0.3) is 0 Å². The van der Waals surface area contributed by atoms with E-state index in [9.17, 15) is 0 Å². The number of hydrogen-bond donors (Lipinski definition) is 1. The molecule has 1 atom stereocenters. The minimum absolute atomic E-state index is 0.267. The lowest BCUT2D eigenvalue weighted by Gasteiger charge is -2.46. The molecule has 0 aromatic rings. The molecule has 2 fully saturated rings. The topological polar surface area (TPSA) is 12.0 Å². The highest BCUT2D eigenvalue weighted by Gasteiger charge is 2.60. The summed E-state index contributed by atoms with van der Waals surface area (Å²) in [4.78, 5) is 0. The van der Waals surface area contributed by atoms with Gasteiger partial charge in [-0.15, -0.1) is 0 Å². The highest BCUT2D eigenvalue weighted by molar-refractivity contribution is 5.10. The molecule has 0 bridgehead atoms. The summed E-state index contributed by atoms with van der Waals surface area (Å²) in [5, 5.41) is 3.71. The fourth-order valence-electron chi connectivity index (χ4n) is 4.97. The van der Waals surface area contributed by atoms with Crippen LogP contribution in [0, 0.1) is 22.2 Å². The van der Waals surface area contributed by atoms with Crippen LogP contribution in [0.5, 0.6) is 0 Å². The van der Waals surface area contributed by atoms with E-state index < -0.39 is 0 Å². The van der Waals surface area contributed by atoms with Gasteiger partial charge in [-0.2, -0.15) is 0 Å². The molecule has 2 aliphatic carbocycles. The van der Waals surface area contributed by atoms with Gasteiger partial charge in [-0.05, 0) is 75.2 Å². The Morgan fingerprint density at radius 1 is 0.944 bits per heavy atom. The lowest BCUT2D eigenvalue weighted by Crippen LogP contribution is -2.40. The molecule has 0 aromatic carbocycles. The van der Waals surface area contributed by atoms with Gasteiger partial charge in [0, 0.05) is 5.54 Å². The van der Waals surface area contributed by atoms with Crippen LogP contribution in [0.15, 0.2) is 0 Å². The molecule has 0 saturated heterocycles. The first-order chi connectivity index (χ1) is 7.93. The van der Waals surface area contributed by atoms with Crippen molar-refractivity contribution in [2.45, 2.75) is 79.7 Å². The first-order valence-electron chi connectivity index (χ1n) is 7.68. The van der Waals surface area contributed by atoms with Crippen LogP contribution in [-0.2, 0) is 0 Å². The van der Waals surface area contributed by atoms with Crippen molar-refractivity contribution >= 4 is 0 Å². The van der Waals surface area contributed by atoms with Crippen LogP contribution in [-0.4, -0.2) is 12.1 Å². The van der Waals surface area contributed by atoms with Gasteiger partial charge >= 0.3 is 0 Å². The Bertz CT molecular complexity index is 303. The van der Waals surface area contributed by atoms with E-state index in [1.165, 1.54) is 32.2 Å². The van der Waals surface area contributed by atoms with E-state index in [4.69, 9.17) is 0 Å². The Labute approximate surface area is 114 Å². The Hall–Kier alpha value is -0.0400. The molecule has 106 valence electrons. The van der Waals surface area contributed by atoms with E-state index in [1.54, 1.807) is 0 Å². The molecule has 0 amide bonds. The second kappa shape index (κ2) is 3.98. The minimum Gasteiger partial charge on any atom is -0.312 e. The molecule has 0 aromatic heterocycles. The Balaban J connectivity index is 1.98. The summed E-state index contributed by atoms with van der Waals surface area (Å²) in [6.45, 7) is 17.9. The summed E-state index contributed by atoms with van der Waals surface area (Å²) in [7, 11) is 0. The fourth-order valence-corrected chi connectivity index (χ4v) is 4.97. The van der Waals surface area contributed by atoms with E-state index in [0.717, 1.165) is 5.92 Å². The molecule has 1 spiro atoms. The molecule has 2 aliphatic rings. The molecule has 1 nitrogen and oxygen atoms in total. The summed E-state index contributed by atoms with van der Waals surface area (Å²) in [5.41, 5.74) is 2.02. The predicted octanol–water partition coefficient (Wildman–Crippen LogP) is 4.62. The van der Waals surface area contributed by atoms with Crippen molar-refractivity contribution in [2.24, 2.45) is 22.2 Å². The smallest absolute Gasteiger partial charge is 0.00966 e. The van der Waals surface area contributed by atoms with Gasteiger partial charge in [0.2, 0.25) is 0 Å². The van der Waals surface area contributed by atoms with E-state index in [2.05, 4.69) is 53.8 Å². The average Bonchev–Trinajstić information content (AvgIpc) is 2.66. The molecule has 2 rings (SSSR count). The van der Waals surface area contributed by atoms with Gasteiger partial charge in [-0.1, -0.05) is 27.7 Å². The molecule has 0 aliphatic heterocycles. The van der Waals surface area contributed by atoms with Crippen LogP contribution in [0.3, 0.4) is 0 Å². The monoisotopic (exact) mass is 251 g/mol. The van der Waals surface area contributed by atoms with E-state index in [0.29, 0.717) is 16.2 Å². The van der Waals surface area contributed by atoms with E-state index in [1.807, 2.05) is 0 Å². The van der Waals surface area contributed by atoms with Crippen molar-refractivity contribution in [3.8, 4) is 0 Å². The second-order valence-electron chi connectivity index (χ2n) is 9.75. The predicted molar refractivity (Wildman–Crippen MR) is 79.7 cm³/mol. The number of hydrogen-bond acceptors (Lipinski definition) is 1. The molecule has 1 heteroatoms. The fraction of sp³-hybridized carbons (Fsp3) is 1.00. The van der Waals surface area contributed by atoms with Crippen molar-refractivity contribution in [1.29, 1.82) is 0 Å². The van der Waals surface area contributed by atoms with Gasteiger partial charge in [0.15, 0.2) is 0 Å². The maximum absolute atomic E-state index is 3.71. The Morgan fingerprint density at radius 3 is 1.89 bits per heavy atom. The maximum Gasteiger partial charge on any atom is 0.00966 e. The third kappa shape index (κ3) is 3.29. The summed E-state index contributed by atoms with van der Waals surface area (Å²) >= 11 is 0. The summed E-state index contributed by atoms with van der Waals surface area (Å²) in [6.07, 6.45) is 5.74. The first kappa shape index (κ1) is 14.4. The molecule has 1 unspecified atom stereocenters. The first-order valence-corrected chi connectivity index (χ1v) is 7.68. The highest BCUT2D eigenvalue weighted by atomic mass is 15.0. The maximum atomic E-state index is 3.71. The quantitative estimate of drug-likeness (QED) is 0.755. The normalized spacial score (nSPS) is 32.5. The largest absolute Gasteiger partial charge is 0.312 e. The standard InChI is InChI=1S/C17H33N/c1-14(2,3)18-9-13-8-17(13)11-15(4,5)10-16(6,7)12-17/h13,18H,8-12H2,1-7H3. The lowest BCUT2D eigenvalue weighted by atomic mass is 9.59. The van der Waals surface area contributed by atoms with Crippen molar-refractivity contribution in [3.63, 3.8) is 0 Å². The lowest BCUT2D eigenvalue weighted by molar-refractivity contribution is 0.0462. The van der Waals surface area contributed by atoms with E-state index in [-0.39, 0.29) is 5.54 Å². The minimum atomic E-state index is 0.267. The Kier molecular flexibility index (Phi) is 3.17. The number of nitrogens with one attached hydrogen (secondary N) is 1. The zero-order chi connectivity index (χ0) is 13.8. The molecular formula is C17H33N. The van der Waals surface area contributed by atoms with Crippen LogP contribution in [0.25, 0.3) is 0 Å².